The summed E-state index contributed by atoms with van der Waals surface area (Å²) in [6.07, 6.45) is 3.63. The van der Waals surface area contributed by atoms with Crippen LogP contribution in [0.5, 0.6) is 0 Å². The molecule has 1 fully saturated rings. The highest BCUT2D eigenvalue weighted by Crippen LogP contribution is 2.28. The van der Waals surface area contributed by atoms with Crippen molar-refractivity contribution in [1.82, 2.24) is 5.32 Å². The Morgan fingerprint density at radius 2 is 2.00 bits per heavy atom. The number of methoxy groups -OCH3 is 2. The smallest absolute Gasteiger partial charge is 0.169 e. The Hall–Kier alpha value is -0.160. The molecule has 1 aliphatic carbocycles. The summed E-state index contributed by atoms with van der Waals surface area (Å²) in [4.78, 5) is 0. The molecule has 1 saturated carbocycles. The van der Waals surface area contributed by atoms with Crippen LogP contribution in [0.15, 0.2) is 0 Å². The van der Waals surface area contributed by atoms with Gasteiger partial charge in [-0.05, 0) is 31.7 Å². The van der Waals surface area contributed by atoms with Crippen LogP contribution >= 0.6 is 0 Å². The zero-order chi connectivity index (χ0) is 10.9. The highest BCUT2D eigenvalue weighted by atomic mass is 16.7. The van der Waals surface area contributed by atoms with Crippen molar-refractivity contribution < 1.29 is 14.2 Å². The predicted octanol–water partition coefficient (Wildman–Crippen LogP) is 1.01. The molecule has 0 saturated heterocycles. The molecule has 0 aromatic carbocycles. The highest BCUT2D eigenvalue weighted by Gasteiger charge is 2.20. The third-order valence-corrected chi connectivity index (χ3v) is 2.53. The number of hydrogen-bond acceptors (Lipinski definition) is 4. The van der Waals surface area contributed by atoms with Gasteiger partial charge in [-0.25, -0.2) is 0 Å². The van der Waals surface area contributed by atoms with Crippen molar-refractivity contribution in [3.63, 3.8) is 0 Å². The third-order valence-electron chi connectivity index (χ3n) is 2.53. The van der Waals surface area contributed by atoms with Crippen molar-refractivity contribution in [1.29, 1.82) is 0 Å². The van der Waals surface area contributed by atoms with E-state index in [-0.39, 0.29) is 6.29 Å². The van der Waals surface area contributed by atoms with Crippen LogP contribution in [0.2, 0.25) is 0 Å². The largest absolute Gasteiger partial charge is 0.381 e. The second-order valence-electron chi connectivity index (χ2n) is 3.98. The van der Waals surface area contributed by atoms with Crippen molar-refractivity contribution in [3.8, 4) is 0 Å². The molecule has 4 nitrogen and oxygen atoms in total. The summed E-state index contributed by atoms with van der Waals surface area (Å²) in [6, 6.07) is 0. The first-order chi connectivity index (χ1) is 7.36. The molecule has 0 radical (unpaired) electrons. The maximum Gasteiger partial charge on any atom is 0.169 e. The molecule has 0 amide bonds. The molecule has 0 atom stereocenters. The number of rotatable bonds is 10. The standard InChI is InChI=1S/C11H23NO3/c1-13-11(14-2)8-12-6-3-7-15-9-10-4-5-10/h10-12H,3-9H2,1-2H3. The number of ether oxygens (including phenoxy) is 3. The maximum absolute atomic E-state index is 5.51. The Bertz CT molecular complexity index is 147. The first-order valence-electron chi connectivity index (χ1n) is 5.71. The van der Waals surface area contributed by atoms with Gasteiger partial charge in [-0.1, -0.05) is 0 Å². The lowest BCUT2D eigenvalue weighted by Crippen LogP contribution is -2.30. The molecule has 90 valence electrons. The average molecular weight is 217 g/mol. The molecule has 0 unspecified atom stereocenters. The van der Waals surface area contributed by atoms with E-state index < -0.39 is 0 Å². The van der Waals surface area contributed by atoms with Crippen LogP contribution in [0, 0.1) is 5.92 Å². The fraction of sp³-hybridized carbons (Fsp3) is 1.00. The first kappa shape index (κ1) is 12.9. The first-order valence-corrected chi connectivity index (χ1v) is 5.71. The van der Waals surface area contributed by atoms with Crippen molar-refractivity contribution in [2.45, 2.75) is 25.6 Å². The summed E-state index contributed by atoms with van der Waals surface area (Å²) >= 11 is 0. The van der Waals surface area contributed by atoms with E-state index in [1.165, 1.54) is 12.8 Å². The minimum absolute atomic E-state index is 0.141. The maximum atomic E-state index is 5.51. The summed E-state index contributed by atoms with van der Waals surface area (Å²) in [5.41, 5.74) is 0. The van der Waals surface area contributed by atoms with Crippen LogP contribution in [0.3, 0.4) is 0 Å². The quantitative estimate of drug-likeness (QED) is 0.438. The Balaban J connectivity index is 1.75. The van der Waals surface area contributed by atoms with Gasteiger partial charge in [0.1, 0.15) is 0 Å². The Morgan fingerprint density at radius 1 is 1.27 bits per heavy atom. The van der Waals surface area contributed by atoms with Gasteiger partial charge in [0.25, 0.3) is 0 Å². The molecule has 4 heteroatoms. The minimum Gasteiger partial charge on any atom is -0.381 e. The predicted molar refractivity (Wildman–Crippen MR) is 58.8 cm³/mol. The van der Waals surface area contributed by atoms with Gasteiger partial charge in [-0.3, -0.25) is 0 Å². The van der Waals surface area contributed by atoms with E-state index in [0.717, 1.165) is 38.6 Å². The van der Waals surface area contributed by atoms with Gasteiger partial charge >= 0.3 is 0 Å². The van der Waals surface area contributed by atoms with E-state index in [1.54, 1.807) is 14.2 Å². The lowest BCUT2D eigenvalue weighted by atomic mass is 10.4. The Labute approximate surface area is 92.3 Å². The summed E-state index contributed by atoms with van der Waals surface area (Å²) in [5.74, 6) is 0.865. The molecular formula is C11H23NO3. The van der Waals surface area contributed by atoms with Crippen molar-refractivity contribution >= 4 is 0 Å². The fourth-order valence-electron chi connectivity index (χ4n) is 1.32. The van der Waals surface area contributed by atoms with Crippen LogP contribution in [0.4, 0.5) is 0 Å². The summed E-state index contributed by atoms with van der Waals surface area (Å²) in [5, 5.41) is 3.26. The third kappa shape index (κ3) is 6.84. The van der Waals surface area contributed by atoms with Crippen molar-refractivity contribution in [2.75, 3.05) is 40.5 Å². The van der Waals surface area contributed by atoms with E-state index in [0.29, 0.717) is 0 Å². The highest BCUT2D eigenvalue weighted by molar-refractivity contribution is 4.71. The molecule has 0 spiro atoms. The summed E-state index contributed by atoms with van der Waals surface area (Å²) < 4.78 is 15.6. The van der Waals surface area contributed by atoms with Crippen LogP contribution in [-0.4, -0.2) is 46.8 Å². The van der Waals surface area contributed by atoms with Gasteiger partial charge < -0.3 is 19.5 Å². The molecule has 0 bridgehead atoms. The minimum atomic E-state index is -0.141. The molecule has 1 rings (SSSR count). The molecule has 0 aromatic rings. The van der Waals surface area contributed by atoms with E-state index in [9.17, 15) is 0 Å². The molecule has 0 aromatic heterocycles. The monoisotopic (exact) mass is 217 g/mol. The summed E-state index contributed by atoms with van der Waals surface area (Å²) in [7, 11) is 3.29. The number of nitrogens with one attached hydrogen (secondary N) is 1. The van der Waals surface area contributed by atoms with Gasteiger partial charge in [0, 0.05) is 34.0 Å². The van der Waals surface area contributed by atoms with Gasteiger partial charge in [-0.2, -0.15) is 0 Å². The zero-order valence-electron chi connectivity index (χ0n) is 9.83. The van der Waals surface area contributed by atoms with E-state index in [4.69, 9.17) is 14.2 Å². The topological polar surface area (TPSA) is 39.7 Å². The zero-order valence-corrected chi connectivity index (χ0v) is 9.83. The number of hydrogen-bond donors (Lipinski definition) is 1. The van der Waals surface area contributed by atoms with Gasteiger partial charge in [0.15, 0.2) is 6.29 Å². The van der Waals surface area contributed by atoms with Crippen LogP contribution in [0.1, 0.15) is 19.3 Å². The van der Waals surface area contributed by atoms with Crippen molar-refractivity contribution in [3.05, 3.63) is 0 Å². The molecular weight excluding hydrogens is 194 g/mol. The molecule has 1 N–H and O–H groups in total. The SMILES string of the molecule is COC(CNCCCOCC1CC1)OC. The van der Waals surface area contributed by atoms with Crippen LogP contribution in [0.25, 0.3) is 0 Å². The molecule has 0 aliphatic heterocycles. The fourth-order valence-corrected chi connectivity index (χ4v) is 1.32. The van der Waals surface area contributed by atoms with Gasteiger partial charge in [-0.15, -0.1) is 0 Å². The molecule has 0 heterocycles. The lowest BCUT2D eigenvalue weighted by Gasteiger charge is -2.13. The van der Waals surface area contributed by atoms with Crippen molar-refractivity contribution in [2.24, 2.45) is 5.92 Å². The Morgan fingerprint density at radius 3 is 2.60 bits per heavy atom. The van der Waals surface area contributed by atoms with Gasteiger partial charge in [0.2, 0.25) is 0 Å². The lowest BCUT2D eigenvalue weighted by molar-refractivity contribution is -0.0987. The van der Waals surface area contributed by atoms with E-state index in [1.807, 2.05) is 0 Å². The van der Waals surface area contributed by atoms with E-state index >= 15 is 0 Å². The second-order valence-corrected chi connectivity index (χ2v) is 3.98. The van der Waals surface area contributed by atoms with E-state index in [2.05, 4.69) is 5.32 Å². The molecule has 15 heavy (non-hydrogen) atoms. The average Bonchev–Trinajstić information content (AvgIpc) is 3.06. The van der Waals surface area contributed by atoms with Gasteiger partial charge in [0.05, 0.1) is 0 Å². The van der Waals surface area contributed by atoms with Crippen LogP contribution < -0.4 is 5.32 Å². The van der Waals surface area contributed by atoms with Crippen LogP contribution in [-0.2, 0) is 14.2 Å². The summed E-state index contributed by atoms with van der Waals surface area (Å²) in [6.45, 7) is 3.50. The molecule has 1 aliphatic rings. The normalized spacial score (nSPS) is 16.2. The Kier molecular flexibility index (Phi) is 6.92. The second kappa shape index (κ2) is 8.05.